The quantitative estimate of drug-likeness (QED) is 0.859. The van der Waals surface area contributed by atoms with Crippen molar-refractivity contribution in [2.45, 2.75) is 19.8 Å². The van der Waals surface area contributed by atoms with Gasteiger partial charge in [-0.1, -0.05) is 6.08 Å². The van der Waals surface area contributed by atoms with Crippen LogP contribution in [0.5, 0.6) is 11.5 Å². The fourth-order valence-electron chi connectivity index (χ4n) is 3.08. The standard InChI is InChI=1S/C19H18N2O4/c1-3-24-19(22)12-10-20-14-8-11(23-2)9-16-17(14)18(12)21-13-6-4-5-7-15(13)25-16/h4,6,8-10,21H,3,5,7H2,1-2H3. The first kappa shape index (κ1) is 15.5. The van der Waals surface area contributed by atoms with Crippen LogP contribution in [0.3, 0.4) is 0 Å². The van der Waals surface area contributed by atoms with Gasteiger partial charge in [0.2, 0.25) is 0 Å². The first-order valence-corrected chi connectivity index (χ1v) is 8.23. The summed E-state index contributed by atoms with van der Waals surface area (Å²) in [5.74, 6) is 1.70. The summed E-state index contributed by atoms with van der Waals surface area (Å²) in [5, 5.41) is 4.10. The minimum absolute atomic E-state index is 0.302. The number of hydrogen-bond donors (Lipinski definition) is 1. The molecule has 1 aliphatic heterocycles. The van der Waals surface area contributed by atoms with Crippen molar-refractivity contribution in [3.63, 3.8) is 0 Å². The summed E-state index contributed by atoms with van der Waals surface area (Å²) in [6, 6.07) is 3.64. The number of esters is 1. The highest BCUT2D eigenvalue weighted by Crippen LogP contribution is 2.42. The van der Waals surface area contributed by atoms with E-state index in [9.17, 15) is 4.79 Å². The zero-order valence-electron chi connectivity index (χ0n) is 14.1. The molecule has 1 N–H and O–H groups in total. The number of carbonyl (C=O) groups is 1. The van der Waals surface area contributed by atoms with E-state index in [4.69, 9.17) is 14.2 Å². The van der Waals surface area contributed by atoms with E-state index in [0.717, 1.165) is 29.7 Å². The summed E-state index contributed by atoms with van der Waals surface area (Å²) in [6.45, 7) is 2.08. The Kier molecular flexibility index (Phi) is 3.80. The molecule has 128 valence electrons. The second-order valence-electron chi connectivity index (χ2n) is 5.79. The Morgan fingerprint density at radius 3 is 3.08 bits per heavy atom. The van der Waals surface area contributed by atoms with Gasteiger partial charge in [-0.25, -0.2) is 4.79 Å². The smallest absolute Gasteiger partial charge is 0.341 e. The van der Waals surface area contributed by atoms with Gasteiger partial charge in [-0.2, -0.15) is 0 Å². The summed E-state index contributed by atoms with van der Waals surface area (Å²) in [6.07, 6.45) is 7.28. The Morgan fingerprint density at radius 1 is 1.40 bits per heavy atom. The molecule has 0 spiro atoms. The predicted molar refractivity (Wildman–Crippen MR) is 93.9 cm³/mol. The largest absolute Gasteiger partial charge is 0.497 e. The first-order chi connectivity index (χ1) is 12.2. The highest BCUT2D eigenvalue weighted by Gasteiger charge is 2.25. The molecule has 0 unspecified atom stereocenters. The van der Waals surface area contributed by atoms with Gasteiger partial charge in [-0.3, -0.25) is 4.98 Å². The van der Waals surface area contributed by atoms with Crippen LogP contribution < -0.4 is 14.8 Å². The monoisotopic (exact) mass is 338 g/mol. The minimum atomic E-state index is -0.412. The van der Waals surface area contributed by atoms with Gasteiger partial charge in [0.05, 0.1) is 36.0 Å². The molecule has 1 aromatic heterocycles. The lowest BCUT2D eigenvalue weighted by molar-refractivity contribution is 0.0527. The van der Waals surface area contributed by atoms with Crippen molar-refractivity contribution >= 4 is 22.6 Å². The maximum atomic E-state index is 12.4. The van der Waals surface area contributed by atoms with E-state index in [-0.39, 0.29) is 0 Å². The van der Waals surface area contributed by atoms with Gasteiger partial charge >= 0.3 is 5.97 Å². The zero-order valence-corrected chi connectivity index (χ0v) is 14.1. The van der Waals surface area contributed by atoms with Crippen LogP contribution in [0.1, 0.15) is 30.1 Å². The van der Waals surface area contributed by atoms with Crippen molar-refractivity contribution in [3.8, 4) is 11.5 Å². The molecule has 0 amide bonds. The SMILES string of the molecule is CCOC(=O)c1cnc2cc(OC)cc3c2c1NC1=C(CCC=C1)O3. The number of methoxy groups -OCH3 is 1. The Balaban J connectivity index is 1.98. The third-order valence-electron chi connectivity index (χ3n) is 4.25. The van der Waals surface area contributed by atoms with E-state index in [1.54, 1.807) is 14.0 Å². The van der Waals surface area contributed by atoms with E-state index in [1.165, 1.54) is 6.20 Å². The van der Waals surface area contributed by atoms with Gasteiger partial charge in [0.25, 0.3) is 0 Å². The Bertz CT molecular complexity index is 931. The third kappa shape index (κ3) is 2.59. The van der Waals surface area contributed by atoms with E-state index < -0.39 is 5.97 Å². The molecule has 1 aromatic carbocycles. The van der Waals surface area contributed by atoms with Gasteiger partial charge in [0.15, 0.2) is 0 Å². The molecule has 2 aliphatic rings. The number of allylic oxidation sites excluding steroid dienone is 3. The summed E-state index contributed by atoms with van der Waals surface area (Å²) in [7, 11) is 1.60. The first-order valence-electron chi connectivity index (χ1n) is 8.23. The average Bonchev–Trinajstić information content (AvgIpc) is 2.79. The van der Waals surface area contributed by atoms with Gasteiger partial charge in [0.1, 0.15) is 22.8 Å². The molecule has 0 saturated carbocycles. The number of aromatic nitrogens is 1. The Labute approximate surface area is 145 Å². The molecule has 0 bridgehead atoms. The van der Waals surface area contributed by atoms with Gasteiger partial charge < -0.3 is 19.5 Å². The lowest BCUT2D eigenvalue weighted by atomic mass is 10.1. The van der Waals surface area contributed by atoms with Crippen LogP contribution in [0.25, 0.3) is 10.9 Å². The third-order valence-corrected chi connectivity index (χ3v) is 4.25. The van der Waals surface area contributed by atoms with Crippen molar-refractivity contribution in [1.82, 2.24) is 4.98 Å². The van der Waals surface area contributed by atoms with Crippen LogP contribution in [-0.2, 0) is 4.74 Å². The molecule has 0 fully saturated rings. The lowest BCUT2D eigenvalue weighted by Gasteiger charge is -2.15. The van der Waals surface area contributed by atoms with E-state index >= 15 is 0 Å². The van der Waals surface area contributed by atoms with Crippen molar-refractivity contribution in [2.75, 3.05) is 19.0 Å². The second-order valence-corrected chi connectivity index (χ2v) is 5.79. The number of carbonyl (C=O) groups excluding carboxylic acids is 1. The maximum absolute atomic E-state index is 12.4. The van der Waals surface area contributed by atoms with Crippen LogP contribution in [0.15, 0.2) is 41.9 Å². The van der Waals surface area contributed by atoms with Crippen molar-refractivity contribution in [2.24, 2.45) is 0 Å². The number of anilines is 1. The molecule has 2 aromatic rings. The van der Waals surface area contributed by atoms with Gasteiger partial charge in [-0.05, 0) is 19.4 Å². The lowest BCUT2D eigenvalue weighted by Crippen LogP contribution is -2.11. The molecular weight excluding hydrogens is 320 g/mol. The number of benzene rings is 1. The molecule has 1 aliphatic carbocycles. The highest BCUT2D eigenvalue weighted by atomic mass is 16.5. The molecule has 2 heterocycles. The summed E-state index contributed by atoms with van der Waals surface area (Å²) in [4.78, 5) is 16.8. The number of nitrogens with one attached hydrogen (secondary N) is 1. The summed E-state index contributed by atoms with van der Waals surface area (Å²) >= 11 is 0. The van der Waals surface area contributed by atoms with Crippen LogP contribution in [-0.4, -0.2) is 24.7 Å². The fraction of sp³-hybridized carbons (Fsp3) is 0.263. The van der Waals surface area contributed by atoms with Crippen LogP contribution in [0.2, 0.25) is 0 Å². The number of ether oxygens (including phenoxy) is 3. The molecule has 0 radical (unpaired) electrons. The van der Waals surface area contributed by atoms with Crippen LogP contribution in [0.4, 0.5) is 5.69 Å². The molecule has 0 saturated heterocycles. The topological polar surface area (TPSA) is 69.7 Å². The van der Waals surface area contributed by atoms with Crippen LogP contribution >= 0.6 is 0 Å². The highest BCUT2D eigenvalue weighted by molar-refractivity contribution is 6.08. The average molecular weight is 338 g/mol. The number of nitrogens with zero attached hydrogens (tertiary/aromatic N) is 1. The normalized spacial score (nSPS) is 15.1. The van der Waals surface area contributed by atoms with Crippen LogP contribution in [0, 0.1) is 0 Å². The number of rotatable bonds is 3. The number of pyridine rings is 1. The van der Waals surface area contributed by atoms with E-state index in [1.807, 2.05) is 18.2 Å². The summed E-state index contributed by atoms with van der Waals surface area (Å²) in [5.41, 5.74) is 2.57. The molecule has 6 nitrogen and oxygen atoms in total. The molecule has 6 heteroatoms. The number of hydrogen-bond acceptors (Lipinski definition) is 6. The van der Waals surface area contributed by atoms with Gasteiger partial charge in [0, 0.05) is 24.8 Å². The van der Waals surface area contributed by atoms with Crippen molar-refractivity contribution < 1.29 is 19.0 Å². The van der Waals surface area contributed by atoms with E-state index in [2.05, 4.69) is 16.4 Å². The second kappa shape index (κ2) is 6.12. The minimum Gasteiger partial charge on any atom is -0.497 e. The molecule has 4 rings (SSSR count). The van der Waals surface area contributed by atoms with E-state index in [0.29, 0.717) is 34.9 Å². The Hall–Kier alpha value is -3.02. The fourth-order valence-corrected chi connectivity index (χ4v) is 3.08. The Morgan fingerprint density at radius 2 is 2.28 bits per heavy atom. The zero-order chi connectivity index (χ0) is 17.4. The molecule has 0 atom stereocenters. The maximum Gasteiger partial charge on any atom is 0.341 e. The van der Waals surface area contributed by atoms with Crippen molar-refractivity contribution in [3.05, 3.63) is 47.5 Å². The summed E-state index contributed by atoms with van der Waals surface area (Å²) < 4.78 is 16.7. The predicted octanol–water partition coefficient (Wildman–Crippen LogP) is 3.79. The molecular formula is C19H18N2O4. The van der Waals surface area contributed by atoms with Gasteiger partial charge in [-0.15, -0.1) is 0 Å². The van der Waals surface area contributed by atoms with Crippen molar-refractivity contribution in [1.29, 1.82) is 0 Å². The molecule has 25 heavy (non-hydrogen) atoms.